The quantitative estimate of drug-likeness (QED) is 0.619. The second-order valence-electron chi connectivity index (χ2n) is 6.75. The summed E-state index contributed by atoms with van der Waals surface area (Å²) in [5.41, 5.74) is 1.75. The third kappa shape index (κ3) is 4.07. The molecule has 1 heterocycles. The Labute approximate surface area is 152 Å². The topological polar surface area (TPSA) is 76.4 Å². The van der Waals surface area contributed by atoms with E-state index in [9.17, 15) is 9.90 Å². The first-order valence-corrected chi connectivity index (χ1v) is 8.46. The molecule has 0 fully saturated rings. The van der Waals surface area contributed by atoms with Crippen LogP contribution in [-0.2, 0) is 23.2 Å². The second-order valence-corrected chi connectivity index (χ2v) is 7.16. The van der Waals surface area contributed by atoms with Crippen molar-refractivity contribution in [2.75, 3.05) is 12.4 Å². The molecule has 0 aliphatic carbocycles. The number of benzene rings is 1. The monoisotopic (exact) mass is 365 g/mol. The summed E-state index contributed by atoms with van der Waals surface area (Å²) in [7, 11) is 1.34. The van der Waals surface area contributed by atoms with E-state index in [-0.39, 0.29) is 11.2 Å². The van der Waals surface area contributed by atoms with Crippen molar-refractivity contribution >= 4 is 23.3 Å². The molecule has 0 aliphatic rings. The van der Waals surface area contributed by atoms with Gasteiger partial charge in [-0.1, -0.05) is 32.4 Å². The first kappa shape index (κ1) is 19.1. The largest absolute Gasteiger partial charge is 0.506 e. The number of carbonyl (C=O) groups excluding carboxylic acids is 1. The number of hydrogen-bond acceptors (Lipinski definition) is 5. The molecule has 0 bridgehead atoms. The summed E-state index contributed by atoms with van der Waals surface area (Å²) >= 11 is 6.25. The van der Waals surface area contributed by atoms with Crippen LogP contribution in [0.3, 0.4) is 0 Å². The van der Waals surface area contributed by atoms with Gasteiger partial charge < -0.3 is 19.7 Å². The van der Waals surface area contributed by atoms with Crippen LogP contribution in [-0.4, -0.2) is 27.7 Å². The van der Waals surface area contributed by atoms with Gasteiger partial charge in [-0.2, -0.15) is 0 Å². The number of halogens is 1. The first-order valence-electron chi connectivity index (χ1n) is 8.08. The van der Waals surface area contributed by atoms with Gasteiger partial charge in [0.1, 0.15) is 17.3 Å². The lowest BCUT2D eigenvalue weighted by atomic mass is 9.86. The van der Waals surface area contributed by atoms with Crippen LogP contribution in [0.4, 0.5) is 5.69 Å². The Morgan fingerprint density at radius 2 is 2.08 bits per heavy atom. The van der Waals surface area contributed by atoms with E-state index in [2.05, 4.69) is 31.1 Å². The van der Waals surface area contributed by atoms with E-state index < -0.39 is 5.97 Å². The summed E-state index contributed by atoms with van der Waals surface area (Å²) in [6.07, 6.45) is 1.49. The van der Waals surface area contributed by atoms with Crippen LogP contribution in [0.15, 0.2) is 18.3 Å². The Morgan fingerprint density at radius 1 is 1.40 bits per heavy atom. The molecule has 0 aliphatic heterocycles. The maximum absolute atomic E-state index is 11.8. The normalized spacial score (nSPS) is 11.4. The number of esters is 1. The molecule has 0 atom stereocenters. The van der Waals surface area contributed by atoms with Crippen molar-refractivity contribution in [2.24, 2.45) is 0 Å². The van der Waals surface area contributed by atoms with Crippen LogP contribution in [0.25, 0.3) is 0 Å². The SMILES string of the molecule is CCn1c(C(=O)OC)cnc1CNc1cc(C(C)(C)C)c(Cl)cc1O. The van der Waals surface area contributed by atoms with Crippen LogP contribution < -0.4 is 5.32 Å². The minimum Gasteiger partial charge on any atom is -0.506 e. The Bertz CT molecular complexity index is 779. The minimum absolute atomic E-state index is 0.0702. The summed E-state index contributed by atoms with van der Waals surface area (Å²) in [5, 5.41) is 13.9. The predicted octanol–water partition coefficient (Wildman–Crippen LogP) is 3.96. The number of methoxy groups -OCH3 is 1. The van der Waals surface area contributed by atoms with E-state index in [4.69, 9.17) is 16.3 Å². The smallest absolute Gasteiger partial charge is 0.356 e. The number of anilines is 1. The minimum atomic E-state index is -0.426. The van der Waals surface area contributed by atoms with Crippen LogP contribution >= 0.6 is 11.6 Å². The molecule has 0 saturated heterocycles. The molecule has 7 heteroatoms. The Balaban J connectivity index is 2.28. The molecule has 2 aromatic rings. The van der Waals surface area contributed by atoms with Crippen molar-refractivity contribution in [3.05, 3.63) is 40.4 Å². The molecule has 25 heavy (non-hydrogen) atoms. The summed E-state index contributed by atoms with van der Waals surface area (Å²) in [6.45, 7) is 9.03. The molecular formula is C18H24ClN3O3. The van der Waals surface area contributed by atoms with Crippen LogP contribution in [0, 0.1) is 0 Å². The van der Waals surface area contributed by atoms with Gasteiger partial charge in [-0.05, 0) is 24.0 Å². The molecule has 0 radical (unpaired) electrons. The van der Waals surface area contributed by atoms with Crippen molar-refractivity contribution in [3.8, 4) is 5.75 Å². The third-order valence-electron chi connectivity index (χ3n) is 3.98. The molecule has 1 aromatic heterocycles. The highest BCUT2D eigenvalue weighted by Crippen LogP contribution is 2.37. The molecule has 2 rings (SSSR count). The van der Waals surface area contributed by atoms with E-state index >= 15 is 0 Å². The highest BCUT2D eigenvalue weighted by atomic mass is 35.5. The van der Waals surface area contributed by atoms with Crippen molar-refractivity contribution in [1.29, 1.82) is 0 Å². The number of phenols is 1. The second kappa shape index (κ2) is 7.35. The van der Waals surface area contributed by atoms with Gasteiger partial charge in [0.05, 0.1) is 25.5 Å². The molecule has 0 amide bonds. The van der Waals surface area contributed by atoms with Gasteiger partial charge in [0.15, 0.2) is 0 Å². The van der Waals surface area contributed by atoms with Crippen LogP contribution in [0.1, 0.15) is 49.6 Å². The fourth-order valence-electron chi connectivity index (χ4n) is 2.63. The van der Waals surface area contributed by atoms with E-state index in [0.29, 0.717) is 35.3 Å². The van der Waals surface area contributed by atoms with Crippen molar-refractivity contribution in [3.63, 3.8) is 0 Å². The number of imidazole rings is 1. The van der Waals surface area contributed by atoms with Crippen molar-refractivity contribution < 1.29 is 14.6 Å². The molecule has 0 unspecified atom stereocenters. The summed E-state index contributed by atoms with van der Waals surface area (Å²) < 4.78 is 6.54. The number of hydrogen-bond donors (Lipinski definition) is 2. The van der Waals surface area contributed by atoms with Gasteiger partial charge in [-0.3, -0.25) is 0 Å². The zero-order chi connectivity index (χ0) is 18.8. The standard InChI is InChI=1S/C18H24ClN3O3/c1-6-22-14(17(24)25-5)9-21-16(22)10-20-13-7-11(18(2,3)4)12(19)8-15(13)23/h7-9,20,23H,6,10H2,1-5H3. The number of ether oxygens (including phenoxy) is 1. The highest BCUT2D eigenvalue weighted by molar-refractivity contribution is 6.31. The molecule has 0 saturated carbocycles. The fourth-order valence-corrected chi connectivity index (χ4v) is 3.07. The lowest BCUT2D eigenvalue weighted by molar-refractivity contribution is 0.0588. The number of aromatic hydroxyl groups is 1. The number of carbonyl (C=O) groups is 1. The summed E-state index contributed by atoms with van der Waals surface area (Å²) in [4.78, 5) is 16.1. The van der Waals surface area contributed by atoms with Gasteiger partial charge in [0.2, 0.25) is 0 Å². The molecule has 6 nitrogen and oxygen atoms in total. The van der Waals surface area contributed by atoms with Crippen molar-refractivity contribution in [1.82, 2.24) is 9.55 Å². The Hall–Kier alpha value is -2.21. The fraction of sp³-hybridized carbons (Fsp3) is 0.444. The van der Waals surface area contributed by atoms with Gasteiger partial charge >= 0.3 is 5.97 Å². The molecule has 1 aromatic carbocycles. The van der Waals surface area contributed by atoms with Crippen molar-refractivity contribution in [2.45, 2.75) is 46.2 Å². The molecule has 2 N–H and O–H groups in total. The molecule has 136 valence electrons. The zero-order valence-corrected chi connectivity index (χ0v) is 15.9. The number of nitrogens with one attached hydrogen (secondary N) is 1. The predicted molar refractivity (Wildman–Crippen MR) is 98.4 cm³/mol. The summed E-state index contributed by atoms with van der Waals surface area (Å²) in [5.74, 6) is 0.320. The number of phenolic OH excluding ortho intramolecular Hbond substituents is 1. The average molecular weight is 366 g/mol. The third-order valence-corrected chi connectivity index (χ3v) is 4.29. The maximum Gasteiger partial charge on any atom is 0.356 e. The Morgan fingerprint density at radius 3 is 2.64 bits per heavy atom. The van der Waals surface area contributed by atoms with E-state index in [1.807, 2.05) is 13.0 Å². The lowest BCUT2D eigenvalue weighted by Gasteiger charge is -2.22. The van der Waals surface area contributed by atoms with Crippen LogP contribution in [0.2, 0.25) is 5.02 Å². The Kier molecular flexibility index (Phi) is 5.62. The molecular weight excluding hydrogens is 342 g/mol. The maximum atomic E-state index is 11.8. The van der Waals surface area contributed by atoms with E-state index in [0.717, 1.165) is 5.56 Å². The van der Waals surface area contributed by atoms with Gasteiger partial charge in [0.25, 0.3) is 0 Å². The zero-order valence-electron chi connectivity index (χ0n) is 15.2. The first-order chi connectivity index (χ1) is 11.7. The van der Waals surface area contributed by atoms with E-state index in [1.165, 1.54) is 19.4 Å². The number of nitrogens with zero attached hydrogens (tertiary/aromatic N) is 2. The summed E-state index contributed by atoms with van der Waals surface area (Å²) in [6, 6.07) is 3.38. The lowest BCUT2D eigenvalue weighted by Crippen LogP contribution is -2.15. The van der Waals surface area contributed by atoms with E-state index in [1.54, 1.807) is 4.57 Å². The van der Waals surface area contributed by atoms with Crippen LogP contribution in [0.5, 0.6) is 5.75 Å². The molecule has 0 spiro atoms. The average Bonchev–Trinajstić information content (AvgIpc) is 2.94. The number of aromatic nitrogens is 2. The highest BCUT2D eigenvalue weighted by Gasteiger charge is 2.20. The van der Waals surface area contributed by atoms with Gasteiger partial charge in [-0.25, -0.2) is 9.78 Å². The van der Waals surface area contributed by atoms with Gasteiger partial charge in [0, 0.05) is 17.6 Å². The van der Waals surface area contributed by atoms with Gasteiger partial charge in [-0.15, -0.1) is 0 Å². The number of rotatable bonds is 5.